The van der Waals surface area contributed by atoms with E-state index in [1.165, 1.54) is 0 Å². The predicted octanol–water partition coefficient (Wildman–Crippen LogP) is 2.52. The summed E-state index contributed by atoms with van der Waals surface area (Å²) in [5.41, 5.74) is 0.416. The Hall–Kier alpha value is -0.450. The van der Waals surface area contributed by atoms with E-state index in [2.05, 4.69) is 31.1 Å². The molecule has 1 unspecified atom stereocenters. The van der Waals surface area contributed by atoms with E-state index in [-0.39, 0.29) is 5.54 Å². The molecule has 0 bridgehead atoms. The van der Waals surface area contributed by atoms with E-state index in [1.54, 1.807) is 11.3 Å². The van der Waals surface area contributed by atoms with Gasteiger partial charge < -0.3 is 10.4 Å². The lowest BCUT2D eigenvalue weighted by molar-refractivity contribution is 0.0491. The first-order valence-corrected chi connectivity index (χ1v) is 6.94. The minimum absolute atomic E-state index is 0.104. The highest BCUT2D eigenvalue weighted by Crippen LogP contribution is 2.18. The van der Waals surface area contributed by atoms with Crippen LogP contribution in [0.5, 0.6) is 0 Å². The van der Waals surface area contributed by atoms with Crippen LogP contribution in [0, 0.1) is 6.92 Å². The minimum atomic E-state index is -0.682. The van der Waals surface area contributed by atoms with Crippen molar-refractivity contribution in [3.05, 3.63) is 16.1 Å². The second-order valence-corrected chi connectivity index (χ2v) is 7.02. The summed E-state index contributed by atoms with van der Waals surface area (Å²) < 4.78 is 0. The van der Waals surface area contributed by atoms with Gasteiger partial charge in [-0.3, -0.25) is 0 Å². The van der Waals surface area contributed by atoms with Gasteiger partial charge in [-0.1, -0.05) is 0 Å². The van der Waals surface area contributed by atoms with Gasteiger partial charge in [0.15, 0.2) is 0 Å². The van der Waals surface area contributed by atoms with Gasteiger partial charge >= 0.3 is 0 Å². The average Bonchev–Trinajstić information content (AvgIpc) is 2.47. The van der Waals surface area contributed by atoms with Crippen molar-refractivity contribution in [2.75, 3.05) is 6.54 Å². The van der Waals surface area contributed by atoms with Crippen LogP contribution in [-0.2, 0) is 6.42 Å². The lowest BCUT2D eigenvalue weighted by Crippen LogP contribution is -2.40. The molecule has 0 radical (unpaired) electrons. The number of nitrogens with zero attached hydrogens (tertiary/aromatic N) is 1. The van der Waals surface area contributed by atoms with Crippen LogP contribution in [0.25, 0.3) is 0 Å². The fourth-order valence-electron chi connectivity index (χ4n) is 1.67. The van der Waals surface area contributed by atoms with Gasteiger partial charge in [0.25, 0.3) is 0 Å². The Morgan fingerprint density at radius 2 is 2.00 bits per heavy atom. The highest BCUT2D eigenvalue weighted by molar-refractivity contribution is 7.09. The smallest absolute Gasteiger partial charge is 0.0897 e. The van der Waals surface area contributed by atoms with Gasteiger partial charge in [-0.2, -0.15) is 0 Å². The zero-order chi connectivity index (χ0) is 13.1. The van der Waals surface area contributed by atoms with Crippen molar-refractivity contribution in [2.45, 2.75) is 58.6 Å². The second-order valence-electron chi connectivity index (χ2n) is 5.96. The van der Waals surface area contributed by atoms with Gasteiger partial charge in [0, 0.05) is 17.3 Å². The van der Waals surface area contributed by atoms with Crippen molar-refractivity contribution in [3.8, 4) is 0 Å². The van der Waals surface area contributed by atoms with Gasteiger partial charge in [-0.05, 0) is 47.6 Å². The molecule has 0 saturated heterocycles. The van der Waals surface area contributed by atoms with E-state index in [4.69, 9.17) is 0 Å². The maximum Gasteiger partial charge on any atom is 0.0897 e. The quantitative estimate of drug-likeness (QED) is 0.851. The molecule has 98 valence electrons. The first-order valence-electron chi connectivity index (χ1n) is 6.06. The third-order valence-corrected chi connectivity index (χ3v) is 3.37. The fourth-order valence-corrected chi connectivity index (χ4v) is 2.29. The SMILES string of the molecule is Cc1nc(CC(C)(O)CCNC(C)(C)C)cs1. The molecule has 1 rings (SSSR count). The Bertz CT molecular complexity index is 353. The highest BCUT2D eigenvalue weighted by atomic mass is 32.1. The van der Waals surface area contributed by atoms with Gasteiger partial charge in [0.2, 0.25) is 0 Å². The molecule has 0 saturated carbocycles. The Labute approximate surface area is 108 Å². The largest absolute Gasteiger partial charge is 0.390 e. The standard InChI is InChI=1S/C13H24N2OS/c1-10-15-11(9-17-10)8-13(5,16)6-7-14-12(2,3)4/h9,14,16H,6-8H2,1-5H3. The van der Waals surface area contributed by atoms with E-state index < -0.39 is 5.60 Å². The fraction of sp³-hybridized carbons (Fsp3) is 0.769. The number of aliphatic hydroxyl groups is 1. The molecule has 3 nitrogen and oxygen atoms in total. The monoisotopic (exact) mass is 256 g/mol. The summed E-state index contributed by atoms with van der Waals surface area (Å²) >= 11 is 1.64. The maximum atomic E-state index is 10.3. The maximum absolute atomic E-state index is 10.3. The van der Waals surface area contributed by atoms with Crippen molar-refractivity contribution in [2.24, 2.45) is 0 Å². The second kappa shape index (κ2) is 5.46. The molecule has 0 aromatic carbocycles. The van der Waals surface area contributed by atoms with Crippen LogP contribution in [0.2, 0.25) is 0 Å². The lowest BCUT2D eigenvalue weighted by atomic mass is 9.96. The minimum Gasteiger partial charge on any atom is -0.390 e. The first-order chi connectivity index (χ1) is 7.68. The molecule has 0 fully saturated rings. The molecule has 0 aliphatic rings. The molecule has 1 heterocycles. The van der Waals surface area contributed by atoms with E-state index in [1.807, 2.05) is 19.2 Å². The molecule has 2 N–H and O–H groups in total. The summed E-state index contributed by atoms with van der Waals surface area (Å²) in [5, 5.41) is 16.8. The Kier molecular flexibility index (Phi) is 4.69. The summed E-state index contributed by atoms with van der Waals surface area (Å²) in [6, 6.07) is 0. The van der Waals surface area contributed by atoms with Crippen LogP contribution in [0.4, 0.5) is 0 Å². The molecule has 0 aliphatic carbocycles. The van der Waals surface area contributed by atoms with E-state index in [0.717, 1.165) is 23.7 Å². The predicted molar refractivity (Wildman–Crippen MR) is 73.6 cm³/mol. The topological polar surface area (TPSA) is 45.2 Å². The van der Waals surface area contributed by atoms with Crippen molar-refractivity contribution in [3.63, 3.8) is 0 Å². The Morgan fingerprint density at radius 3 is 2.47 bits per heavy atom. The van der Waals surface area contributed by atoms with E-state index >= 15 is 0 Å². The summed E-state index contributed by atoms with van der Waals surface area (Å²) in [4.78, 5) is 4.39. The van der Waals surface area contributed by atoms with Crippen LogP contribution in [0.1, 0.15) is 44.8 Å². The molecule has 1 aromatic heterocycles. The zero-order valence-corrected chi connectivity index (χ0v) is 12.3. The number of nitrogens with one attached hydrogen (secondary N) is 1. The molecule has 1 aromatic rings. The van der Waals surface area contributed by atoms with Crippen LogP contribution < -0.4 is 5.32 Å². The van der Waals surface area contributed by atoms with Crippen molar-refractivity contribution in [1.29, 1.82) is 0 Å². The third-order valence-electron chi connectivity index (χ3n) is 2.55. The summed E-state index contributed by atoms with van der Waals surface area (Å²) in [6.07, 6.45) is 1.37. The third kappa shape index (κ3) is 6.15. The number of rotatable bonds is 5. The number of thiazole rings is 1. The van der Waals surface area contributed by atoms with Crippen LogP contribution >= 0.6 is 11.3 Å². The molecule has 4 heteroatoms. The molecule has 0 amide bonds. The van der Waals surface area contributed by atoms with Crippen LogP contribution in [-0.4, -0.2) is 27.8 Å². The summed E-state index contributed by atoms with van der Waals surface area (Å²) in [5.74, 6) is 0. The molecule has 0 spiro atoms. The number of aryl methyl sites for hydroxylation is 1. The van der Waals surface area contributed by atoms with Crippen molar-refractivity contribution >= 4 is 11.3 Å². The molecule has 17 heavy (non-hydrogen) atoms. The van der Waals surface area contributed by atoms with Gasteiger partial charge in [0.1, 0.15) is 0 Å². The van der Waals surface area contributed by atoms with E-state index in [9.17, 15) is 5.11 Å². The van der Waals surface area contributed by atoms with Gasteiger partial charge in [-0.15, -0.1) is 11.3 Å². The number of aromatic nitrogens is 1. The van der Waals surface area contributed by atoms with Crippen molar-refractivity contribution in [1.82, 2.24) is 10.3 Å². The first kappa shape index (κ1) is 14.6. The zero-order valence-electron chi connectivity index (χ0n) is 11.5. The van der Waals surface area contributed by atoms with Crippen LogP contribution in [0.15, 0.2) is 5.38 Å². The lowest BCUT2D eigenvalue weighted by Gasteiger charge is -2.26. The summed E-state index contributed by atoms with van der Waals surface area (Å²) in [7, 11) is 0. The number of hydrogen-bond acceptors (Lipinski definition) is 4. The molecular weight excluding hydrogens is 232 g/mol. The Balaban J connectivity index is 2.41. The van der Waals surface area contributed by atoms with Gasteiger partial charge in [-0.25, -0.2) is 4.98 Å². The molecule has 1 atom stereocenters. The number of hydrogen-bond donors (Lipinski definition) is 2. The molecule has 0 aliphatic heterocycles. The Morgan fingerprint density at radius 1 is 1.35 bits per heavy atom. The average molecular weight is 256 g/mol. The summed E-state index contributed by atoms with van der Waals surface area (Å²) in [6.45, 7) is 11.1. The molecular formula is C13H24N2OS. The van der Waals surface area contributed by atoms with Crippen LogP contribution in [0.3, 0.4) is 0 Å². The van der Waals surface area contributed by atoms with Crippen molar-refractivity contribution < 1.29 is 5.11 Å². The highest BCUT2D eigenvalue weighted by Gasteiger charge is 2.22. The van der Waals surface area contributed by atoms with E-state index in [0.29, 0.717) is 6.42 Å². The normalized spacial score (nSPS) is 15.9. The van der Waals surface area contributed by atoms with Gasteiger partial charge in [0.05, 0.1) is 16.3 Å².